The van der Waals surface area contributed by atoms with E-state index in [-0.39, 0.29) is 11.7 Å². The van der Waals surface area contributed by atoms with Crippen molar-refractivity contribution in [2.45, 2.75) is 31.0 Å². The van der Waals surface area contributed by atoms with Gasteiger partial charge in [0.05, 0.1) is 6.04 Å². The first-order valence-electron chi connectivity index (χ1n) is 7.38. The van der Waals surface area contributed by atoms with E-state index >= 15 is 0 Å². The number of carboxylic acids is 1. The highest BCUT2D eigenvalue weighted by atomic mass is 16.4. The molecule has 0 aliphatic carbocycles. The topological polar surface area (TPSA) is 113 Å². The third-order valence-corrected chi connectivity index (χ3v) is 4.24. The number of allylic oxidation sites excluding steroid dienone is 1. The van der Waals surface area contributed by atoms with E-state index in [1.54, 1.807) is 24.3 Å². The van der Waals surface area contributed by atoms with E-state index in [9.17, 15) is 14.4 Å². The van der Waals surface area contributed by atoms with Gasteiger partial charge >= 0.3 is 5.97 Å². The number of carboxylic acid groups (broad SMARTS) is 1. The second-order valence-corrected chi connectivity index (χ2v) is 5.62. The van der Waals surface area contributed by atoms with Crippen LogP contribution in [-0.2, 0) is 14.4 Å². The summed E-state index contributed by atoms with van der Waals surface area (Å²) in [6.45, 7) is 0. The molecule has 1 aromatic rings. The van der Waals surface area contributed by atoms with Crippen molar-refractivity contribution in [1.82, 2.24) is 10.2 Å². The average Bonchev–Trinajstić information content (AvgIpc) is 2.58. The molecule has 1 aromatic carbocycles. The van der Waals surface area contributed by atoms with Gasteiger partial charge in [-0.3, -0.25) is 14.5 Å². The van der Waals surface area contributed by atoms with Gasteiger partial charge in [0.2, 0.25) is 5.91 Å². The number of hydrogen-bond donors (Lipinski definition) is 3. The summed E-state index contributed by atoms with van der Waals surface area (Å²) in [6, 6.07) is 6.98. The Kier molecular flexibility index (Phi) is 3.87. The van der Waals surface area contributed by atoms with Crippen LogP contribution >= 0.6 is 0 Å². The van der Waals surface area contributed by atoms with Crippen molar-refractivity contribution in [3.8, 4) is 0 Å². The second-order valence-electron chi connectivity index (χ2n) is 5.62. The molecule has 1 fully saturated rings. The van der Waals surface area contributed by atoms with Gasteiger partial charge in [0.25, 0.3) is 5.91 Å². The minimum atomic E-state index is -1.13. The summed E-state index contributed by atoms with van der Waals surface area (Å²) in [4.78, 5) is 36.8. The van der Waals surface area contributed by atoms with Crippen LogP contribution in [0.3, 0.4) is 0 Å². The molecular weight excluding hydrogens is 298 g/mol. The number of rotatable bonds is 4. The molecule has 1 saturated heterocycles. The molecule has 2 unspecified atom stereocenters. The molecule has 0 radical (unpaired) electrons. The highest BCUT2D eigenvalue weighted by Gasteiger charge is 2.52. The van der Waals surface area contributed by atoms with Gasteiger partial charge in [-0.1, -0.05) is 36.4 Å². The summed E-state index contributed by atoms with van der Waals surface area (Å²) < 4.78 is 0. The SMILES string of the molecule is N[C@@H](C(=O)NC1C(=O)N2C(C(=O)O)=CCCC12)c1ccccc1. The number of fused-ring (bicyclic) bond motifs is 1. The zero-order chi connectivity index (χ0) is 16.6. The molecule has 4 N–H and O–H groups in total. The molecule has 0 aromatic heterocycles. The van der Waals surface area contributed by atoms with E-state index in [1.807, 2.05) is 6.07 Å². The predicted octanol–water partition coefficient (Wildman–Crippen LogP) is 0.144. The van der Waals surface area contributed by atoms with E-state index in [4.69, 9.17) is 10.8 Å². The maximum atomic E-state index is 12.2. The molecule has 2 aliphatic rings. The highest BCUT2D eigenvalue weighted by molar-refractivity contribution is 6.01. The van der Waals surface area contributed by atoms with Gasteiger partial charge in [-0.05, 0) is 18.4 Å². The van der Waals surface area contributed by atoms with Crippen LogP contribution in [0.4, 0.5) is 0 Å². The van der Waals surface area contributed by atoms with E-state index in [0.29, 0.717) is 18.4 Å². The van der Waals surface area contributed by atoms with Crippen LogP contribution in [0.15, 0.2) is 42.1 Å². The minimum absolute atomic E-state index is 0.0101. The van der Waals surface area contributed by atoms with E-state index in [0.717, 1.165) is 0 Å². The highest BCUT2D eigenvalue weighted by Crippen LogP contribution is 2.33. The number of benzene rings is 1. The van der Waals surface area contributed by atoms with Crippen LogP contribution in [0.1, 0.15) is 24.4 Å². The Labute approximate surface area is 132 Å². The molecule has 0 saturated carbocycles. The zero-order valence-corrected chi connectivity index (χ0v) is 12.3. The Hall–Kier alpha value is -2.67. The van der Waals surface area contributed by atoms with E-state index in [1.165, 1.54) is 11.0 Å². The number of β-lactam (4-membered cyclic amide) rings is 1. The molecule has 2 aliphatic heterocycles. The van der Waals surface area contributed by atoms with Gasteiger partial charge in [0.15, 0.2) is 0 Å². The summed E-state index contributed by atoms with van der Waals surface area (Å²) in [5.74, 6) is -1.98. The number of carbonyl (C=O) groups excluding carboxylic acids is 2. The van der Waals surface area contributed by atoms with Crippen molar-refractivity contribution >= 4 is 17.8 Å². The maximum absolute atomic E-state index is 12.2. The third-order valence-electron chi connectivity index (χ3n) is 4.24. The van der Waals surface area contributed by atoms with Gasteiger partial charge in [0.1, 0.15) is 17.8 Å². The van der Waals surface area contributed by atoms with Crippen LogP contribution in [-0.4, -0.2) is 39.9 Å². The monoisotopic (exact) mass is 315 g/mol. The Balaban J connectivity index is 1.68. The first-order chi connectivity index (χ1) is 11.0. The Morgan fingerprint density at radius 3 is 2.65 bits per heavy atom. The molecule has 120 valence electrons. The van der Waals surface area contributed by atoms with Crippen molar-refractivity contribution in [2.24, 2.45) is 5.73 Å². The summed E-state index contributed by atoms with van der Waals surface area (Å²) >= 11 is 0. The zero-order valence-electron chi connectivity index (χ0n) is 12.3. The normalized spacial score (nSPS) is 24.1. The lowest BCUT2D eigenvalue weighted by Crippen LogP contribution is -2.71. The molecule has 3 atom stereocenters. The lowest BCUT2D eigenvalue weighted by atomic mass is 9.86. The number of aliphatic carboxylic acids is 1. The van der Waals surface area contributed by atoms with Crippen LogP contribution in [0.2, 0.25) is 0 Å². The molecule has 2 heterocycles. The number of nitrogens with one attached hydrogen (secondary N) is 1. The van der Waals surface area contributed by atoms with Crippen molar-refractivity contribution in [3.63, 3.8) is 0 Å². The molecule has 3 rings (SSSR count). The number of hydrogen-bond acceptors (Lipinski definition) is 4. The van der Waals surface area contributed by atoms with Gasteiger partial charge in [-0.25, -0.2) is 4.79 Å². The number of nitrogens with two attached hydrogens (primary N) is 1. The van der Waals surface area contributed by atoms with Crippen LogP contribution in [0.5, 0.6) is 0 Å². The molecular formula is C16H17N3O4. The Morgan fingerprint density at radius 2 is 2.00 bits per heavy atom. The molecule has 7 heteroatoms. The quantitative estimate of drug-likeness (QED) is 0.684. The third kappa shape index (κ3) is 2.59. The van der Waals surface area contributed by atoms with Crippen molar-refractivity contribution in [3.05, 3.63) is 47.7 Å². The molecule has 23 heavy (non-hydrogen) atoms. The van der Waals surface area contributed by atoms with Crippen LogP contribution < -0.4 is 11.1 Å². The Morgan fingerprint density at radius 1 is 1.30 bits per heavy atom. The summed E-state index contributed by atoms with van der Waals surface area (Å²) in [6.07, 6.45) is 2.71. The number of amides is 2. The van der Waals surface area contributed by atoms with E-state index < -0.39 is 29.9 Å². The maximum Gasteiger partial charge on any atom is 0.352 e. The van der Waals surface area contributed by atoms with Crippen LogP contribution in [0, 0.1) is 0 Å². The summed E-state index contributed by atoms with van der Waals surface area (Å²) in [5.41, 5.74) is 6.56. The first-order valence-corrected chi connectivity index (χ1v) is 7.38. The fraction of sp³-hybridized carbons (Fsp3) is 0.312. The minimum Gasteiger partial charge on any atom is -0.477 e. The van der Waals surface area contributed by atoms with E-state index in [2.05, 4.69) is 5.32 Å². The predicted molar refractivity (Wildman–Crippen MR) is 80.9 cm³/mol. The standard InChI is InChI=1S/C16H17N3O4/c17-12(9-5-2-1-3-6-9)14(20)18-13-10-7-4-8-11(16(22)23)19(10)15(13)21/h1-3,5-6,8,10,12-13H,4,7,17H2,(H,18,20)(H,22,23)/t10?,12-,13?/m1/s1. The smallest absolute Gasteiger partial charge is 0.352 e. The fourth-order valence-corrected chi connectivity index (χ4v) is 3.03. The van der Waals surface area contributed by atoms with Gasteiger partial charge < -0.3 is 16.2 Å². The number of carbonyl (C=O) groups is 3. The number of nitrogens with zero attached hydrogens (tertiary/aromatic N) is 1. The molecule has 7 nitrogen and oxygen atoms in total. The lowest BCUT2D eigenvalue weighted by Gasteiger charge is -2.49. The second kappa shape index (κ2) is 5.85. The van der Waals surface area contributed by atoms with Gasteiger partial charge in [0, 0.05) is 0 Å². The first kappa shape index (κ1) is 15.2. The van der Waals surface area contributed by atoms with Gasteiger partial charge in [-0.2, -0.15) is 0 Å². The van der Waals surface area contributed by atoms with Crippen LogP contribution in [0.25, 0.3) is 0 Å². The van der Waals surface area contributed by atoms with Gasteiger partial charge in [-0.15, -0.1) is 0 Å². The Bertz CT molecular complexity index is 686. The fourth-order valence-electron chi connectivity index (χ4n) is 3.03. The van der Waals surface area contributed by atoms with Crippen molar-refractivity contribution in [2.75, 3.05) is 0 Å². The molecule has 2 amide bonds. The van der Waals surface area contributed by atoms with Crippen molar-refractivity contribution in [1.29, 1.82) is 0 Å². The summed E-state index contributed by atoms with van der Waals surface area (Å²) in [7, 11) is 0. The largest absolute Gasteiger partial charge is 0.477 e. The lowest BCUT2D eigenvalue weighted by molar-refractivity contribution is -0.155. The summed E-state index contributed by atoms with van der Waals surface area (Å²) in [5, 5.41) is 11.8. The average molecular weight is 315 g/mol. The molecule has 0 spiro atoms. The van der Waals surface area contributed by atoms with Crippen molar-refractivity contribution < 1.29 is 19.5 Å². The molecule has 0 bridgehead atoms.